The van der Waals surface area contributed by atoms with Crippen LogP contribution in [0.4, 0.5) is 0 Å². The van der Waals surface area contributed by atoms with E-state index in [1.807, 2.05) is 25.4 Å². The molecule has 4 aromatic rings. The summed E-state index contributed by atoms with van der Waals surface area (Å²) < 4.78 is 0. The molecule has 1 aromatic heterocycles. The van der Waals surface area contributed by atoms with Gasteiger partial charge in [0, 0.05) is 0 Å². The number of rotatable bonds is 3. The number of benzene rings is 3. The van der Waals surface area contributed by atoms with Crippen molar-refractivity contribution in [2.45, 2.75) is 0 Å². The van der Waals surface area contributed by atoms with Crippen molar-refractivity contribution in [3.8, 4) is 33.3 Å². The molecule has 1 nitrogen and oxygen atoms in total. The van der Waals surface area contributed by atoms with Crippen molar-refractivity contribution in [1.82, 2.24) is 4.89 Å². The monoisotopic (exact) mass is 305 g/mol. The molecule has 0 atom stereocenters. The van der Waals surface area contributed by atoms with Crippen LogP contribution in [0.5, 0.6) is 0 Å². The third-order valence-electron chi connectivity index (χ3n) is 4.18. The third kappa shape index (κ3) is 2.79. The van der Waals surface area contributed by atoms with Gasteiger partial charge in [0.25, 0.3) is 0 Å². The van der Waals surface area contributed by atoms with Crippen molar-refractivity contribution in [3.05, 3.63) is 97.2 Å². The number of hydrogen-bond acceptors (Lipinski definition) is 1. The van der Waals surface area contributed by atoms with Crippen molar-refractivity contribution in [1.29, 1.82) is 0 Å². The second kappa shape index (κ2) is 6.63. The molecule has 0 bridgehead atoms. The van der Waals surface area contributed by atoms with Gasteiger partial charge in [0.2, 0.25) is 0 Å². The first-order chi connectivity index (χ1) is 11.9. The summed E-state index contributed by atoms with van der Waals surface area (Å²) in [7, 11) is 1.96. The van der Waals surface area contributed by atoms with Gasteiger partial charge >= 0.3 is 142 Å². The molecule has 1 heterocycles. The van der Waals surface area contributed by atoms with E-state index in [0.29, 0.717) is 0 Å². The molecule has 0 spiro atoms. The van der Waals surface area contributed by atoms with Gasteiger partial charge in [-0.2, -0.15) is 0 Å². The normalized spacial score (nSPS) is 10.3. The van der Waals surface area contributed by atoms with Crippen molar-refractivity contribution in [2.75, 3.05) is 0 Å². The number of hydrogen-bond donors (Lipinski definition) is 0. The zero-order valence-corrected chi connectivity index (χ0v) is 13.3. The quantitative estimate of drug-likeness (QED) is 0.492. The molecule has 0 saturated heterocycles. The van der Waals surface area contributed by atoms with Crippen molar-refractivity contribution < 1.29 is 0 Å². The van der Waals surface area contributed by atoms with E-state index in [1.54, 1.807) is 0 Å². The minimum atomic E-state index is 1.16. The van der Waals surface area contributed by atoms with Gasteiger partial charge in [0.15, 0.2) is 0 Å². The molecule has 0 unspecified atom stereocenters. The van der Waals surface area contributed by atoms with Gasteiger partial charge in [0.1, 0.15) is 0 Å². The Morgan fingerprint density at radius 3 is 1.62 bits per heavy atom. The van der Waals surface area contributed by atoms with Crippen LogP contribution >= 0.6 is 0 Å². The molecule has 0 N–H and O–H groups in total. The molecule has 2 heteroatoms. The van der Waals surface area contributed by atoms with Gasteiger partial charge in [-0.3, -0.25) is 0 Å². The number of nitrogens with zero attached hydrogens (tertiary/aromatic N) is 1. The average Bonchev–Trinajstić information content (AvgIpc) is 2.69. The maximum absolute atomic E-state index is 4.52. The van der Waals surface area contributed by atoms with E-state index < -0.39 is 0 Å². The van der Waals surface area contributed by atoms with Gasteiger partial charge in [-0.05, 0) is 0 Å². The Bertz CT molecular complexity index is 878. The molecule has 24 heavy (non-hydrogen) atoms. The van der Waals surface area contributed by atoms with Crippen LogP contribution in [0.2, 0.25) is 0 Å². The fourth-order valence-corrected chi connectivity index (χ4v) is 3.05. The van der Waals surface area contributed by atoms with Gasteiger partial charge in [-0.25, -0.2) is 0 Å². The van der Waals surface area contributed by atoms with Crippen LogP contribution in [0, 0.1) is 0 Å². The molecule has 112 valence electrons. The fourth-order valence-electron chi connectivity index (χ4n) is 3.05. The summed E-state index contributed by atoms with van der Waals surface area (Å²) in [5, 5.41) is 0. The van der Waals surface area contributed by atoms with E-state index in [-0.39, 0.29) is 0 Å². The molecule has 0 aliphatic heterocycles. The Kier molecular flexibility index (Phi) is 4.03. The second-order valence-electron chi connectivity index (χ2n) is 5.71. The fraction of sp³-hybridized carbons (Fsp3) is 0. The molecule has 4 rings (SSSR count). The van der Waals surface area contributed by atoms with E-state index in [2.05, 4.69) is 83.8 Å². The van der Waals surface area contributed by atoms with Crippen LogP contribution in [0.1, 0.15) is 0 Å². The summed E-state index contributed by atoms with van der Waals surface area (Å²) in [5.41, 5.74) is 7.11. The van der Waals surface area contributed by atoms with Gasteiger partial charge in [0.05, 0.1) is 0 Å². The summed E-state index contributed by atoms with van der Waals surface area (Å²) in [4.78, 5) is 4.52. The summed E-state index contributed by atoms with van der Waals surface area (Å²) in [6.45, 7) is 0. The number of aromatic nitrogens is 1. The zero-order chi connectivity index (χ0) is 16.2. The topological polar surface area (TPSA) is 12.9 Å². The van der Waals surface area contributed by atoms with Gasteiger partial charge < -0.3 is 0 Å². The zero-order valence-electron chi connectivity index (χ0n) is 13.3. The van der Waals surface area contributed by atoms with E-state index in [4.69, 9.17) is 0 Å². The Morgan fingerprint density at radius 2 is 1.04 bits per heavy atom. The van der Waals surface area contributed by atoms with E-state index in [1.165, 1.54) is 22.3 Å². The molecule has 0 fully saturated rings. The van der Waals surface area contributed by atoms with Gasteiger partial charge in [-0.15, -0.1) is 0 Å². The standard InChI is InChI=1S/C22H16BN/c1-4-10-17(11-5-1)20-16-24-23-22(19-14-8-3-9-15-19)21(20)18-12-6-2-7-13-18/h1-16H. The van der Waals surface area contributed by atoms with E-state index in [0.717, 1.165) is 11.0 Å². The van der Waals surface area contributed by atoms with Crippen LogP contribution < -0.4 is 0 Å². The van der Waals surface area contributed by atoms with Crippen LogP contribution in [0.25, 0.3) is 33.3 Å². The van der Waals surface area contributed by atoms with E-state index in [9.17, 15) is 0 Å². The summed E-state index contributed by atoms with van der Waals surface area (Å²) in [5.74, 6) is 0. The van der Waals surface area contributed by atoms with Crippen molar-refractivity contribution in [3.63, 3.8) is 0 Å². The van der Waals surface area contributed by atoms with Gasteiger partial charge in [-0.1, -0.05) is 0 Å². The molecule has 0 radical (unpaired) electrons. The minimum absolute atomic E-state index is 1.16. The summed E-state index contributed by atoms with van der Waals surface area (Å²) >= 11 is 0. The first-order valence-corrected chi connectivity index (χ1v) is 8.08. The van der Waals surface area contributed by atoms with Crippen LogP contribution in [0.15, 0.2) is 97.2 Å². The molecule has 3 aromatic carbocycles. The molecule has 0 aliphatic rings. The predicted octanol–water partition coefficient (Wildman–Crippen LogP) is 5.42. The first kappa shape index (κ1) is 14.6. The molecular weight excluding hydrogens is 289 g/mol. The Hall–Kier alpha value is -3.00. The third-order valence-corrected chi connectivity index (χ3v) is 4.18. The van der Waals surface area contributed by atoms with Crippen LogP contribution in [0.3, 0.4) is 0 Å². The SMILES string of the molecule is b1ncc(-c2ccccc2)c(-c2ccccc2)c1-c1ccccc1. The van der Waals surface area contributed by atoms with Crippen LogP contribution in [-0.4, -0.2) is 11.9 Å². The molecular formula is C22H16BN. The Morgan fingerprint density at radius 1 is 0.542 bits per heavy atom. The first-order valence-electron chi connectivity index (χ1n) is 8.08. The Balaban J connectivity index is 2.02. The molecule has 0 amide bonds. The van der Waals surface area contributed by atoms with Crippen LogP contribution in [-0.2, 0) is 0 Å². The second-order valence-corrected chi connectivity index (χ2v) is 5.71. The summed E-state index contributed by atoms with van der Waals surface area (Å²) in [6.07, 6.45) is 1.96. The molecule has 0 saturated carbocycles. The van der Waals surface area contributed by atoms with Crippen molar-refractivity contribution in [2.24, 2.45) is 0 Å². The Labute approximate surface area is 142 Å². The average molecular weight is 305 g/mol. The predicted molar refractivity (Wildman–Crippen MR) is 102 cm³/mol. The van der Waals surface area contributed by atoms with E-state index >= 15 is 0 Å². The molecule has 0 aliphatic carbocycles. The maximum atomic E-state index is 4.52. The summed E-state index contributed by atoms with van der Waals surface area (Å²) in [6, 6.07) is 31.4. The van der Waals surface area contributed by atoms with Crippen molar-refractivity contribution >= 4 is 7.05 Å².